The molecule has 1 fully saturated rings. The van der Waals surface area contributed by atoms with E-state index in [0.717, 1.165) is 13.8 Å². The monoisotopic (exact) mass is 242 g/mol. The van der Waals surface area contributed by atoms with Gasteiger partial charge in [0.1, 0.15) is 0 Å². The van der Waals surface area contributed by atoms with Crippen LogP contribution in [0, 0.1) is 0 Å². The lowest BCUT2D eigenvalue weighted by Crippen LogP contribution is -2.43. The molecular weight excluding hydrogens is 232 g/mol. The lowest BCUT2D eigenvalue weighted by Gasteiger charge is -2.18. The molecule has 0 aromatic heterocycles. The summed E-state index contributed by atoms with van der Waals surface area (Å²) in [6, 6.07) is 0. The van der Waals surface area contributed by atoms with Gasteiger partial charge in [0.25, 0.3) is 11.8 Å². The van der Waals surface area contributed by atoms with Crippen molar-refractivity contribution in [2.75, 3.05) is 0 Å². The van der Waals surface area contributed by atoms with Gasteiger partial charge >= 0.3 is 6.09 Å². The van der Waals surface area contributed by atoms with E-state index in [9.17, 15) is 24.0 Å². The lowest BCUT2D eigenvalue weighted by molar-refractivity contribution is -0.179. The summed E-state index contributed by atoms with van der Waals surface area (Å²) in [6.07, 6.45) is -1.52. The highest BCUT2D eigenvalue weighted by molar-refractivity contribution is 6.13. The number of amides is 5. The van der Waals surface area contributed by atoms with Gasteiger partial charge in [0.15, 0.2) is 0 Å². The molecule has 8 heteroatoms. The fraction of sp³-hybridized carbons (Fsp3) is 0.444. The van der Waals surface area contributed by atoms with E-state index >= 15 is 0 Å². The van der Waals surface area contributed by atoms with Crippen molar-refractivity contribution in [3.63, 3.8) is 0 Å². The van der Waals surface area contributed by atoms with Crippen LogP contribution in [0.5, 0.6) is 0 Å². The van der Waals surface area contributed by atoms with E-state index < -0.39 is 29.7 Å². The summed E-state index contributed by atoms with van der Waals surface area (Å²) in [4.78, 5) is 60.3. The van der Waals surface area contributed by atoms with E-state index in [2.05, 4.69) is 4.84 Å². The predicted octanol–water partition coefficient (Wildman–Crippen LogP) is -0.418. The number of nitrogens with zero attached hydrogens (tertiary/aromatic N) is 2. The molecule has 0 aromatic rings. The van der Waals surface area contributed by atoms with Crippen molar-refractivity contribution in [2.45, 2.75) is 26.7 Å². The standard InChI is InChI=1S/C9H10N2O6/c1-5(12)11(6(2)13)17-9(16)10-7(14)3-4-8(10)15/h3-4H2,1-2H3. The highest BCUT2D eigenvalue weighted by Gasteiger charge is 2.37. The number of hydrogen-bond acceptors (Lipinski definition) is 6. The maximum atomic E-state index is 11.4. The zero-order valence-corrected chi connectivity index (χ0v) is 9.26. The van der Waals surface area contributed by atoms with Crippen LogP contribution in [0.2, 0.25) is 0 Å². The summed E-state index contributed by atoms with van der Waals surface area (Å²) < 4.78 is 0. The Morgan fingerprint density at radius 3 is 1.82 bits per heavy atom. The third-order valence-electron chi connectivity index (χ3n) is 1.98. The Kier molecular flexibility index (Phi) is 3.56. The third-order valence-corrected chi connectivity index (χ3v) is 1.98. The van der Waals surface area contributed by atoms with Crippen LogP contribution in [0.4, 0.5) is 4.79 Å². The van der Waals surface area contributed by atoms with Crippen LogP contribution < -0.4 is 0 Å². The van der Waals surface area contributed by atoms with Crippen molar-refractivity contribution < 1.29 is 28.8 Å². The molecule has 5 amide bonds. The Balaban J connectivity index is 2.77. The van der Waals surface area contributed by atoms with Gasteiger partial charge in [0, 0.05) is 26.7 Å². The molecule has 1 aliphatic heterocycles. The minimum atomic E-state index is -1.34. The van der Waals surface area contributed by atoms with Gasteiger partial charge in [-0.2, -0.15) is 4.90 Å². The molecule has 0 spiro atoms. The first-order chi connectivity index (χ1) is 7.84. The molecular formula is C9H10N2O6. The number of carbonyl (C=O) groups excluding carboxylic acids is 5. The highest BCUT2D eigenvalue weighted by Crippen LogP contribution is 2.13. The molecule has 1 saturated heterocycles. The maximum Gasteiger partial charge on any atom is 0.448 e. The molecule has 0 N–H and O–H groups in total. The van der Waals surface area contributed by atoms with E-state index in [1.807, 2.05) is 0 Å². The van der Waals surface area contributed by atoms with Gasteiger partial charge < -0.3 is 4.84 Å². The number of carbonyl (C=O) groups is 5. The summed E-state index contributed by atoms with van der Waals surface area (Å²) in [6.45, 7) is 2.00. The molecule has 17 heavy (non-hydrogen) atoms. The molecule has 1 aliphatic rings. The van der Waals surface area contributed by atoms with Gasteiger partial charge in [-0.25, -0.2) is 4.79 Å². The fourth-order valence-electron chi connectivity index (χ4n) is 1.25. The second-order valence-electron chi connectivity index (χ2n) is 3.31. The Bertz CT molecular complexity index is 386. The van der Waals surface area contributed by atoms with Gasteiger partial charge in [-0.15, -0.1) is 5.06 Å². The summed E-state index contributed by atoms with van der Waals surface area (Å²) in [5.41, 5.74) is 0. The SMILES string of the molecule is CC(=O)N(OC(=O)N1C(=O)CCC1=O)C(C)=O. The number of hydroxylamine groups is 2. The van der Waals surface area contributed by atoms with Crippen molar-refractivity contribution >= 4 is 29.7 Å². The average Bonchev–Trinajstić information content (AvgIpc) is 2.53. The molecule has 92 valence electrons. The average molecular weight is 242 g/mol. The second kappa shape index (κ2) is 4.73. The highest BCUT2D eigenvalue weighted by atomic mass is 16.7. The largest absolute Gasteiger partial charge is 0.448 e. The maximum absolute atomic E-state index is 11.4. The van der Waals surface area contributed by atoms with E-state index in [1.54, 1.807) is 0 Å². The summed E-state index contributed by atoms with van der Waals surface area (Å²) in [5, 5.41) is 0.182. The van der Waals surface area contributed by atoms with E-state index in [0.29, 0.717) is 0 Å². The molecule has 1 rings (SSSR count). The first-order valence-corrected chi connectivity index (χ1v) is 4.73. The van der Waals surface area contributed by atoms with Crippen LogP contribution in [0.25, 0.3) is 0 Å². The lowest BCUT2D eigenvalue weighted by atomic mass is 10.4. The molecule has 0 unspecified atom stereocenters. The molecule has 0 radical (unpaired) electrons. The van der Waals surface area contributed by atoms with Crippen LogP contribution in [0.15, 0.2) is 0 Å². The molecule has 1 heterocycles. The van der Waals surface area contributed by atoms with E-state index in [4.69, 9.17) is 0 Å². The van der Waals surface area contributed by atoms with Crippen molar-refractivity contribution in [3.05, 3.63) is 0 Å². The zero-order chi connectivity index (χ0) is 13.2. The molecule has 8 nitrogen and oxygen atoms in total. The minimum Gasteiger partial charge on any atom is -0.310 e. The first-order valence-electron chi connectivity index (χ1n) is 4.73. The Morgan fingerprint density at radius 1 is 1.06 bits per heavy atom. The van der Waals surface area contributed by atoms with E-state index in [1.165, 1.54) is 0 Å². The van der Waals surface area contributed by atoms with Crippen molar-refractivity contribution in [3.8, 4) is 0 Å². The van der Waals surface area contributed by atoms with Crippen LogP contribution in [0.3, 0.4) is 0 Å². The van der Waals surface area contributed by atoms with Crippen molar-refractivity contribution in [2.24, 2.45) is 0 Å². The topological polar surface area (TPSA) is 101 Å². The number of rotatable bonds is 0. The minimum absolute atomic E-state index is 0.0892. The Hall–Kier alpha value is -2.25. The fourth-order valence-corrected chi connectivity index (χ4v) is 1.25. The van der Waals surface area contributed by atoms with E-state index in [-0.39, 0.29) is 22.8 Å². The van der Waals surface area contributed by atoms with Gasteiger partial charge in [-0.1, -0.05) is 0 Å². The quantitative estimate of drug-likeness (QED) is 0.422. The summed E-state index contributed by atoms with van der Waals surface area (Å²) >= 11 is 0. The first kappa shape index (κ1) is 12.8. The Morgan fingerprint density at radius 2 is 1.47 bits per heavy atom. The van der Waals surface area contributed by atoms with Crippen molar-refractivity contribution in [1.29, 1.82) is 0 Å². The second-order valence-corrected chi connectivity index (χ2v) is 3.31. The molecule has 0 aromatic carbocycles. The van der Waals surface area contributed by atoms with Crippen LogP contribution in [0.1, 0.15) is 26.7 Å². The summed E-state index contributed by atoms with van der Waals surface area (Å²) in [5.74, 6) is -3.09. The van der Waals surface area contributed by atoms with Crippen LogP contribution in [-0.4, -0.2) is 39.7 Å². The van der Waals surface area contributed by atoms with Gasteiger partial charge in [0.05, 0.1) is 0 Å². The zero-order valence-electron chi connectivity index (χ0n) is 9.26. The number of likely N-dealkylation sites (tertiary alicyclic amines) is 1. The molecule has 0 aliphatic carbocycles. The normalized spacial score (nSPS) is 14.8. The predicted molar refractivity (Wildman–Crippen MR) is 50.8 cm³/mol. The Labute approximate surface area is 96.0 Å². The number of imide groups is 4. The molecule has 0 bridgehead atoms. The van der Waals surface area contributed by atoms with Crippen molar-refractivity contribution in [1.82, 2.24) is 9.96 Å². The number of hydrogen-bond donors (Lipinski definition) is 0. The van der Waals surface area contributed by atoms with Gasteiger partial charge in [-0.05, 0) is 0 Å². The smallest absolute Gasteiger partial charge is 0.310 e. The van der Waals surface area contributed by atoms with Gasteiger partial charge in [-0.3, -0.25) is 19.2 Å². The van der Waals surface area contributed by atoms with Crippen LogP contribution in [-0.2, 0) is 24.0 Å². The molecule has 0 saturated carbocycles. The summed E-state index contributed by atoms with van der Waals surface area (Å²) in [7, 11) is 0. The molecule has 0 atom stereocenters. The third kappa shape index (κ3) is 2.65. The van der Waals surface area contributed by atoms with Crippen LogP contribution >= 0.6 is 0 Å². The van der Waals surface area contributed by atoms with Gasteiger partial charge in [0.2, 0.25) is 11.8 Å².